The highest BCUT2D eigenvalue weighted by Crippen LogP contribution is 2.12. The van der Waals surface area contributed by atoms with Gasteiger partial charge in [-0.3, -0.25) is 14.0 Å². The normalized spacial score (nSPS) is 13.6. The molecule has 0 fully saturated rings. The van der Waals surface area contributed by atoms with Crippen molar-refractivity contribution in [1.82, 2.24) is 4.98 Å². The van der Waals surface area contributed by atoms with Crippen molar-refractivity contribution in [1.29, 1.82) is 0 Å². The Morgan fingerprint density at radius 3 is 2.45 bits per heavy atom. The average molecular weight is 289 g/mol. The van der Waals surface area contributed by atoms with E-state index in [1.54, 1.807) is 24.5 Å². The molecule has 1 aromatic heterocycles. The minimum absolute atomic E-state index is 0.206. The number of nitrogens with zero attached hydrogens (tertiary/aromatic N) is 1. The zero-order chi connectivity index (χ0) is 14.4. The summed E-state index contributed by atoms with van der Waals surface area (Å²) in [5, 5.41) is 8.37. The quantitative estimate of drug-likeness (QED) is 0.883. The average Bonchev–Trinajstić information content (AvgIpc) is 2.46. The smallest absolute Gasteiger partial charge is 0.319 e. The highest BCUT2D eigenvalue weighted by molar-refractivity contribution is 7.85. The monoisotopic (exact) mass is 289 g/mol. The fourth-order valence-electron chi connectivity index (χ4n) is 1.87. The van der Waals surface area contributed by atoms with Crippen LogP contribution in [0.5, 0.6) is 0 Å². The van der Waals surface area contributed by atoms with Crippen LogP contribution in [0, 0.1) is 0 Å². The van der Waals surface area contributed by atoms with E-state index < -0.39 is 22.0 Å². The van der Waals surface area contributed by atoms with Crippen LogP contribution in [0.25, 0.3) is 0 Å². The second-order valence-electron chi connectivity index (χ2n) is 4.40. The van der Waals surface area contributed by atoms with Gasteiger partial charge in [0, 0.05) is 23.2 Å². The Labute approximate surface area is 119 Å². The van der Waals surface area contributed by atoms with Crippen molar-refractivity contribution >= 4 is 16.8 Å². The molecular formula is C15H15NO3S. The molecule has 1 aromatic carbocycles. The third-order valence-electron chi connectivity index (χ3n) is 2.89. The molecule has 5 heteroatoms. The van der Waals surface area contributed by atoms with Gasteiger partial charge in [-0.15, -0.1) is 0 Å². The van der Waals surface area contributed by atoms with Gasteiger partial charge in [-0.1, -0.05) is 36.4 Å². The van der Waals surface area contributed by atoms with Crippen LogP contribution < -0.4 is 0 Å². The second kappa shape index (κ2) is 6.96. The minimum Gasteiger partial charge on any atom is -0.480 e. The summed E-state index contributed by atoms with van der Waals surface area (Å²) < 4.78 is 12.3. The van der Waals surface area contributed by atoms with Crippen LogP contribution in [0.2, 0.25) is 0 Å². The predicted octanol–water partition coefficient (Wildman–Crippen LogP) is 2.03. The van der Waals surface area contributed by atoms with E-state index in [2.05, 4.69) is 4.98 Å². The van der Waals surface area contributed by atoms with Gasteiger partial charge < -0.3 is 5.11 Å². The van der Waals surface area contributed by atoms with Crippen molar-refractivity contribution in [3.63, 3.8) is 0 Å². The van der Waals surface area contributed by atoms with Gasteiger partial charge in [0.2, 0.25) is 0 Å². The Hall–Kier alpha value is -2.01. The van der Waals surface area contributed by atoms with Crippen LogP contribution in [0.4, 0.5) is 0 Å². The lowest BCUT2D eigenvalue weighted by Gasteiger charge is -2.12. The van der Waals surface area contributed by atoms with E-state index in [1.165, 1.54) is 0 Å². The molecule has 2 unspecified atom stereocenters. The first kappa shape index (κ1) is 14.4. The summed E-state index contributed by atoms with van der Waals surface area (Å²) in [6, 6.07) is 12.8. The van der Waals surface area contributed by atoms with E-state index in [0.717, 1.165) is 11.1 Å². The molecule has 0 bridgehead atoms. The third-order valence-corrected chi connectivity index (χ3v) is 4.51. The number of rotatable bonds is 6. The summed E-state index contributed by atoms with van der Waals surface area (Å²) in [7, 11) is -1.48. The van der Waals surface area contributed by atoms with E-state index in [0.29, 0.717) is 0 Å². The van der Waals surface area contributed by atoms with Gasteiger partial charge in [-0.2, -0.15) is 0 Å². The molecule has 104 valence electrons. The predicted molar refractivity (Wildman–Crippen MR) is 77.7 cm³/mol. The molecular weight excluding hydrogens is 274 g/mol. The number of hydrogen-bond donors (Lipinski definition) is 1. The highest BCUT2D eigenvalue weighted by atomic mass is 32.2. The molecule has 0 radical (unpaired) electrons. The minimum atomic E-state index is -1.48. The lowest BCUT2D eigenvalue weighted by molar-refractivity contribution is -0.136. The van der Waals surface area contributed by atoms with Gasteiger partial charge in [0.25, 0.3) is 0 Å². The number of aliphatic carboxylic acids is 1. The number of carboxylic acids is 1. The maximum absolute atomic E-state index is 12.3. The van der Waals surface area contributed by atoms with Crippen molar-refractivity contribution in [2.75, 3.05) is 0 Å². The van der Waals surface area contributed by atoms with Gasteiger partial charge in [0.15, 0.2) is 0 Å². The van der Waals surface area contributed by atoms with Crippen LogP contribution in [0.1, 0.15) is 11.1 Å². The third kappa shape index (κ3) is 3.99. The molecule has 0 saturated carbocycles. The SMILES string of the molecule is O=C(O)C(Cc1ccccc1)S(=O)Cc1cccnc1. The molecule has 1 N–H and O–H groups in total. The first-order valence-electron chi connectivity index (χ1n) is 6.19. The molecule has 1 heterocycles. The maximum atomic E-state index is 12.3. The number of pyridine rings is 1. The van der Waals surface area contributed by atoms with Crippen LogP contribution >= 0.6 is 0 Å². The zero-order valence-electron chi connectivity index (χ0n) is 10.8. The lowest BCUT2D eigenvalue weighted by Crippen LogP contribution is -2.29. The molecule has 0 aliphatic rings. The van der Waals surface area contributed by atoms with Crippen molar-refractivity contribution in [3.05, 3.63) is 66.0 Å². The lowest BCUT2D eigenvalue weighted by atomic mass is 10.1. The number of carbonyl (C=O) groups is 1. The van der Waals surface area contributed by atoms with Crippen molar-refractivity contribution in [2.45, 2.75) is 17.4 Å². The summed E-state index contributed by atoms with van der Waals surface area (Å²) in [6.07, 6.45) is 3.51. The largest absolute Gasteiger partial charge is 0.480 e. The van der Waals surface area contributed by atoms with Gasteiger partial charge in [-0.25, -0.2) is 0 Å². The Balaban J connectivity index is 2.09. The van der Waals surface area contributed by atoms with Crippen LogP contribution in [0.15, 0.2) is 54.9 Å². The summed E-state index contributed by atoms with van der Waals surface area (Å²) in [4.78, 5) is 15.3. The Bertz CT molecular complexity index is 587. The Kier molecular flexibility index (Phi) is 5.01. The standard InChI is InChI=1S/C15H15NO3S/c17-15(18)14(9-12-5-2-1-3-6-12)20(19)11-13-7-4-8-16-10-13/h1-8,10,14H,9,11H2,(H,17,18). The number of hydrogen-bond acceptors (Lipinski definition) is 3. The first-order chi connectivity index (χ1) is 9.66. The number of carboxylic acid groups (broad SMARTS) is 1. The van der Waals surface area contributed by atoms with E-state index >= 15 is 0 Å². The molecule has 0 aliphatic carbocycles. The Morgan fingerprint density at radius 1 is 1.15 bits per heavy atom. The fourth-order valence-corrected chi connectivity index (χ4v) is 3.17. The van der Waals surface area contributed by atoms with E-state index in [1.807, 2.05) is 30.3 Å². The molecule has 0 spiro atoms. The van der Waals surface area contributed by atoms with E-state index in [4.69, 9.17) is 0 Å². The van der Waals surface area contributed by atoms with Gasteiger partial charge in [0.1, 0.15) is 5.25 Å². The molecule has 20 heavy (non-hydrogen) atoms. The molecule has 0 amide bonds. The highest BCUT2D eigenvalue weighted by Gasteiger charge is 2.25. The molecule has 0 aliphatic heterocycles. The number of aromatic nitrogens is 1. The van der Waals surface area contributed by atoms with Gasteiger partial charge in [0.05, 0.1) is 5.75 Å². The summed E-state index contributed by atoms with van der Waals surface area (Å²) in [5.74, 6) is -0.825. The summed E-state index contributed by atoms with van der Waals surface area (Å²) >= 11 is 0. The van der Waals surface area contributed by atoms with Crippen LogP contribution in [-0.4, -0.2) is 25.5 Å². The van der Waals surface area contributed by atoms with Crippen LogP contribution in [-0.2, 0) is 27.8 Å². The molecule has 0 saturated heterocycles. The second-order valence-corrected chi connectivity index (χ2v) is 6.02. The molecule has 2 aromatic rings. The van der Waals surface area contributed by atoms with Gasteiger partial charge >= 0.3 is 5.97 Å². The first-order valence-corrected chi connectivity index (χ1v) is 7.58. The topological polar surface area (TPSA) is 67.3 Å². The zero-order valence-corrected chi connectivity index (χ0v) is 11.6. The number of benzene rings is 1. The molecule has 2 rings (SSSR count). The fraction of sp³-hybridized carbons (Fsp3) is 0.200. The summed E-state index contributed by atoms with van der Waals surface area (Å²) in [5.41, 5.74) is 1.66. The van der Waals surface area contributed by atoms with Crippen molar-refractivity contribution in [2.24, 2.45) is 0 Å². The molecule has 2 atom stereocenters. The molecule has 4 nitrogen and oxygen atoms in total. The van der Waals surface area contributed by atoms with E-state index in [9.17, 15) is 14.1 Å². The van der Waals surface area contributed by atoms with Crippen molar-refractivity contribution < 1.29 is 14.1 Å². The maximum Gasteiger partial charge on any atom is 0.319 e. The van der Waals surface area contributed by atoms with Crippen molar-refractivity contribution in [3.8, 4) is 0 Å². The van der Waals surface area contributed by atoms with E-state index in [-0.39, 0.29) is 12.2 Å². The van der Waals surface area contributed by atoms with Crippen LogP contribution in [0.3, 0.4) is 0 Å². The summed E-state index contributed by atoms with van der Waals surface area (Å²) in [6.45, 7) is 0. The Morgan fingerprint density at radius 2 is 1.85 bits per heavy atom. The van der Waals surface area contributed by atoms with Gasteiger partial charge in [-0.05, 0) is 23.6 Å².